The third-order valence-electron chi connectivity index (χ3n) is 4.90. The van der Waals surface area contributed by atoms with Gasteiger partial charge in [0, 0.05) is 11.1 Å². The highest BCUT2D eigenvalue weighted by atomic mass is 32.1. The lowest BCUT2D eigenvalue weighted by atomic mass is 9.84. The van der Waals surface area contributed by atoms with Gasteiger partial charge in [0.2, 0.25) is 0 Å². The number of thiazole rings is 1. The van der Waals surface area contributed by atoms with Crippen LogP contribution in [0.3, 0.4) is 0 Å². The van der Waals surface area contributed by atoms with E-state index in [2.05, 4.69) is 4.98 Å². The van der Waals surface area contributed by atoms with Crippen LogP contribution in [0.4, 0.5) is 0 Å². The standard InChI is InChI=1S/C21H22N2O3S/c1-14-13-27-20(23-14)18(11-22)19(24)12-26-21(25)17-9-7-16(8-10-17)15-5-3-2-4-6-15/h7-10,13,15,18H,2-6,12H2,1H3/t18-/m1/s1. The van der Waals surface area contributed by atoms with Gasteiger partial charge in [-0.2, -0.15) is 5.26 Å². The summed E-state index contributed by atoms with van der Waals surface area (Å²) in [6.07, 6.45) is 6.22. The fourth-order valence-electron chi connectivity index (χ4n) is 3.40. The molecule has 1 aliphatic carbocycles. The Hall–Kier alpha value is -2.52. The van der Waals surface area contributed by atoms with Crippen LogP contribution in [-0.2, 0) is 9.53 Å². The maximum atomic E-state index is 12.2. The summed E-state index contributed by atoms with van der Waals surface area (Å²) in [5, 5.41) is 11.5. The highest BCUT2D eigenvalue weighted by Crippen LogP contribution is 2.32. The van der Waals surface area contributed by atoms with E-state index in [4.69, 9.17) is 4.74 Å². The number of esters is 1. The first-order valence-corrected chi connectivity index (χ1v) is 10.1. The number of nitrogens with zero attached hydrogens (tertiary/aromatic N) is 2. The number of ketones is 1. The van der Waals surface area contributed by atoms with Gasteiger partial charge < -0.3 is 4.74 Å². The minimum absolute atomic E-state index is 0.418. The van der Waals surface area contributed by atoms with E-state index in [-0.39, 0.29) is 0 Å². The molecule has 0 N–H and O–H groups in total. The third-order valence-corrected chi connectivity index (χ3v) is 5.93. The number of Topliss-reactive ketones (excluding diaryl/α,β-unsaturated/α-hetero) is 1. The summed E-state index contributed by atoms with van der Waals surface area (Å²) < 4.78 is 5.12. The number of aromatic nitrogens is 1. The summed E-state index contributed by atoms with van der Waals surface area (Å²) in [7, 11) is 0. The van der Waals surface area contributed by atoms with Crippen molar-refractivity contribution in [3.63, 3.8) is 0 Å². The summed E-state index contributed by atoms with van der Waals surface area (Å²) in [5.74, 6) is -1.43. The smallest absolute Gasteiger partial charge is 0.338 e. The number of benzene rings is 1. The zero-order valence-corrected chi connectivity index (χ0v) is 16.1. The molecule has 1 saturated carbocycles. The highest BCUT2D eigenvalue weighted by molar-refractivity contribution is 7.09. The van der Waals surface area contributed by atoms with E-state index in [1.165, 1.54) is 49.0 Å². The van der Waals surface area contributed by atoms with E-state index in [1.807, 2.05) is 18.2 Å². The number of rotatable bonds is 6. The van der Waals surface area contributed by atoms with Crippen molar-refractivity contribution in [1.29, 1.82) is 5.26 Å². The lowest BCUT2D eigenvalue weighted by Crippen LogP contribution is -2.20. The molecule has 1 aromatic heterocycles. The molecule has 0 unspecified atom stereocenters. The molecule has 1 heterocycles. The number of ether oxygens (including phenoxy) is 1. The summed E-state index contributed by atoms with van der Waals surface area (Å²) in [6.45, 7) is 1.37. The highest BCUT2D eigenvalue weighted by Gasteiger charge is 2.25. The van der Waals surface area contributed by atoms with Crippen molar-refractivity contribution in [3.8, 4) is 6.07 Å². The first kappa shape index (κ1) is 19.2. The van der Waals surface area contributed by atoms with Crippen molar-refractivity contribution in [2.45, 2.75) is 50.9 Å². The topological polar surface area (TPSA) is 80.0 Å². The van der Waals surface area contributed by atoms with Crippen LogP contribution in [-0.4, -0.2) is 23.3 Å². The molecule has 3 rings (SSSR count). The number of carbonyl (C=O) groups excluding carboxylic acids is 2. The Kier molecular flexibility index (Phi) is 6.36. The fraction of sp³-hybridized carbons (Fsp3) is 0.429. The van der Waals surface area contributed by atoms with Gasteiger partial charge in [-0.3, -0.25) is 4.79 Å². The average molecular weight is 382 g/mol. The molecular weight excluding hydrogens is 360 g/mol. The zero-order chi connectivity index (χ0) is 19.2. The largest absolute Gasteiger partial charge is 0.454 e. The number of aryl methyl sites for hydroxylation is 1. The Bertz CT molecular complexity index is 845. The van der Waals surface area contributed by atoms with E-state index in [0.717, 1.165) is 5.69 Å². The van der Waals surface area contributed by atoms with E-state index in [0.29, 0.717) is 16.5 Å². The Morgan fingerprint density at radius 3 is 2.56 bits per heavy atom. The molecule has 0 radical (unpaired) electrons. The molecular formula is C21H22N2O3S. The van der Waals surface area contributed by atoms with Crippen LogP contribution < -0.4 is 0 Å². The second-order valence-corrected chi connectivity index (χ2v) is 7.78. The van der Waals surface area contributed by atoms with Crippen molar-refractivity contribution in [2.75, 3.05) is 6.61 Å². The summed E-state index contributed by atoms with van der Waals surface area (Å²) in [4.78, 5) is 28.6. The normalized spacial score (nSPS) is 15.7. The second kappa shape index (κ2) is 8.92. The molecule has 0 bridgehead atoms. The molecule has 0 aliphatic heterocycles. The summed E-state index contributed by atoms with van der Waals surface area (Å²) >= 11 is 1.26. The molecule has 5 nitrogen and oxygen atoms in total. The van der Waals surface area contributed by atoms with Crippen LogP contribution >= 0.6 is 11.3 Å². The quantitative estimate of drug-likeness (QED) is 0.686. The van der Waals surface area contributed by atoms with Gasteiger partial charge in [0.25, 0.3) is 0 Å². The lowest BCUT2D eigenvalue weighted by Gasteiger charge is -2.21. The number of nitriles is 1. The van der Waals surface area contributed by atoms with Crippen molar-refractivity contribution in [1.82, 2.24) is 4.98 Å². The number of hydrogen-bond donors (Lipinski definition) is 0. The molecule has 6 heteroatoms. The molecule has 1 fully saturated rings. The van der Waals surface area contributed by atoms with Gasteiger partial charge >= 0.3 is 5.97 Å². The van der Waals surface area contributed by atoms with Crippen molar-refractivity contribution >= 4 is 23.1 Å². The van der Waals surface area contributed by atoms with Gasteiger partial charge in [0.1, 0.15) is 5.01 Å². The first-order chi connectivity index (χ1) is 13.1. The average Bonchev–Trinajstić information content (AvgIpc) is 3.13. The van der Waals surface area contributed by atoms with E-state index < -0.39 is 24.3 Å². The maximum Gasteiger partial charge on any atom is 0.338 e. The zero-order valence-electron chi connectivity index (χ0n) is 15.3. The summed E-state index contributed by atoms with van der Waals surface area (Å²) in [6, 6.07) is 9.41. The number of carbonyl (C=O) groups is 2. The summed E-state index contributed by atoms with van der Waals surface area (Å²) in [5.41, 5.74) is 2.44. The number of hydrogen-bond acceptors (Lipinski definition) is 6. The van der Waals surface area contributed by atoms with Gasteiger partial charge in [-0.25, -0.2) is 9.78 Å². The van der Waals surface area contributed by atoms with Crippen LogP contribution in [0.1, 0.15) is 70.6 Å². The monoisotopic (exact) mass is 382 g/mol. The van der Waals surface area contributed by atoms with Crippen LogP contribution in [0.2, 0.25) is 0 Å². The molecule has 1 aromatic carbocycles. The van der Waals surface area contributed by atoms with Gasteiger partial charge in [-0.1, -0.05) is 31.4 Å². The van der Waals surface area contributed by atoms with E-state index in [9.17, 15) is 14.9 Å². The lowest BCUT2D eigenvalue weighted by molar-refractivity contribution is -0.122. The van der Waals surface area contributed by atoms with E-state index >= 15 is 0 Å². The predicted octanol–water partition coefficient (Wildman–Crippen LogP) is 4.53. The van der Waals surface area contributed by atoms with Crippen LogP contribution in [0, 0.1) is 18.3 Å². The Morgan fingerprint density at radius 2 is 1.96 bits per heavy atom. The SMILES string of the molecule is Cc1csc([C@H](C#N)C(=O)COC(=O)c2ccc(C3CCCCC3)cc2)n1. The van der Waals surface area contributed by atoms with Crippen LogP contribution in [0.15, 0.2) is 29.6 Å². The minimum atomic E-state index is -0.995. The van der Waals surface area contributed by atoms with Gasteiger partial charge in [-0.15, -0.1) is 11.3 Å². The van der Waals surface area contributed by atoms with Crippen LogP contribution in [0.25, 0.3) is 0 Å². The fourth-order valence-corrected chi connectivity index (χ4v) is 4.26. The molecule has 0 spiro atoms. The van der Waals surface area contributed by atoms with Crippen molar-refractivity contribution in [3.05, 3.63) is 51.5 Å². The second-order valence-electron chi connectivity index (χ2n) is 6.89. The Balaban J connectivity index is 1.57. The van der Waals surface area contributed by atoms with Crippen molar-refractivity contribution in [2.24, 2.45) is 0 Å². The van der Waals surface area contributed by atoms with Gasteiger partial charge in [-0.05, 0) is 43.4 Å². The maximum absolute atomic E-state index is 12.2. The predicted molar refractivity (Wildman–Crippen MR) is 103 cm³/mol. The Labute approximate surface area is 163 Å². The van der Waals surface area contributed by atoms with Gasteiger partial charge in [0.15, 0.2) is 18.3 Å². The molecule has 2 aromatic rings. The minimum Gasteiger partial charge on any atom is -0.454 e. The molecule has 1 atom stereocenters. The molecule has 140 valence electrons. The van der Waals surface area contributed by atoms with E-state index in [1.54, 1.807) is 24.4 Å². The van der Waals surface area contributed by atoms with Crippen LogP contribution in [0.5, 0.6) is 0 Å². The van der Waals surface area contributed by atoms with Gasteiger partial charge in [0.05, 0.1) is 11.6 Å². The molecule has 1 aliphatic rings. The first-order valence-electron chi connectivity index (χ1n) is 9.20. The molecule has 27 heavy (non-hydrogen) atoms. The Morgan fingerprint density at radius 1 is 1.26 bits per heavy atom. The third kappa shape index (κ3) is 4.81. The molecule has 0 amide bonds. The molecule has 0 saturated heterocycles. The van der Waals surface area contributed by atoms with Crippen molar-refractivity contribution < 1.29 is 14.3 Å².